The molecule has 4 heteroatoms. The number of thiophene rings is 1. The fourth-order valence-corrected chi connectivity index (χ4v) is 2.23. The van der Waals surface area contributed by atoms with Crippen molar-refractivity contribution < 1.29 is 14.3 Å². The van der Waals surface area contributed by atoms with Crippen molar-refractivity contribution in [1.29, 1.82) is 0 Å². The molecule has 1 rings (SSSR count). The average Bonchev–Trinajstić information content (AvgIpc) is 2.75. The minimum Gasteiger partial charge on any atom is -0.373 e. The van der Waals surface area contributed by atoms with E-state index < -0.39 is 0 Å². The molecule has 18 heavy (non-hydrogen) atoms. The first-order valence-electron chi connectivity index (χ1n) is 6.26. The maximum Gasteiger partial charge on any atom is 0.198 e. The molecule has 0 aromatic carbocycles. The van der Waals surface area contributed by atoms with Gasteiger partial charge in [0, 0.05) is 4.88 Å². The number of aryl methyl sites for hydroxylation is 1. The maximum absolute atomic E-state index is 11.8. The summed E-state index contributed by atoms with van der Waals surface area (Å²) in [6.45, 7) is 9.18. The Morgan fingerprint density at radius 3 is 2.56 bits per heavy atom. The van der Waals surface area contributed by atoms with Gasteiger partial charge in [0.2, 0.25) is 0 Å². The van der Waals surface area contributed by atoms with E-state index in [1.807, 2.05) is 32.9 Å². The molecule has 0 amide bonds. The molecule has 0 bridgehead atoms. The molecule has 1 aromatic heterocycles. The van der Waals surface area contributed by atoms with Crippen molar-refractivity contribution >= 4 is 17.1 Å². The summed E-state index contributed by atoms with van der Waals surface area (Å²) in [6, 6.07) is 3.88. The number of rotatable bonds is 7. The smallest absolute Gasteiger partial charge is 0.198 e. The number of ether oxygens (including phenoxy) is 2. The molecule has 0 unspecified atom stereocenters. The first-order valence-corrected chi connectivity index (χ1v) is 7.07. The lowest BCUT2D eigenvalue weighted by atomic mass is 10.2. The fourth-order valence-electron chi connectivity index (χ4n) is 1.36. The summed E-state index contributed by atoms with van der Waals surface area (Å²) in [5.41, 5.74) is -0.156. The Labute approximate surface area is 113 Å². The van der Waals surface area contributed by atoms with Gasteiger partial charge in [-0.2, -0.15) is 0 Å². The molecule has 3 nitrogen and oxygen atoms in total. The number of hydrogen-bond acceptors (Lipinski definition) is 4. The second-order valence-corrected chi connectivity index (χ2v) is 6.22. The lowest BCUT2D eigenvalue weighted by Gasteiger charge is -2.19. The van der Waals surface area contributed by atoms with Crippen LogP contribution in [0.25, 0.3) is 0 Å². The topological polar surface area (TPSA) is 35.5 Å². The molecule has 102 valence electrons. The van der Waals surface area contributed by atoms with Gasteiger partial charge in [0.05, 0.1) is 23.7 Å². The van der Waals surface area contributed by atoms with Crippen LogP contribution < -0.4 is 0 Å². The summed E-state index contributed by atoms with van der Waals surface area (Å²) in [4.78, 5) is 13.8. The van der Waals surface area contributed by atoms with E-state index in [-0.39, 0.29) is 18.0 Å². The maximum atomic E-state index is 11.8. The van der Waals surface area contributed by atoms with Crippen LogP contribution in [0.4, 0.5) is 0 Å². The number of hydrogen-bond donors (Lipinski definition) is 0. The van der Waals surface area contributed by atoms with Gasteiger partial charge in [-0.05, 0) is 39.3 Å². The SMILES string of the molecule is CCc1ccc(C(=O)COCCOC(C)(C)C)s1. The standard InChI is InChI=1S/C14H22O3S/c1-5-11-6-7-13(18-11)12(15)10-16-8-9-17-14(2,3)4/h6-7H,5,8-10H2,1-4H3. The summed E-state index contributed by atoms with van der Waals surface area (Å²) in [5, 5.41) is 0. The van der Waals surface area contributed by atoms with Gasteiger partial charge in [-0.1, -0.05) is 6.92 Å². The van der Waals surface area contributed by atoms with Crippen molar-refractivity contribution in [2.24, 2.45) is 0 Å². The lowest BCUT2D eigenvalue weighted by Crippen LogP contribution is -2.22. The van der Waals surface area contributed by atoms with Gasteiger partial charge in [-0.25, -0.2) is 0 Å². The van der Waals surface area contributed by atoms with Crippen LogP contribution in [-0.2, 0) is 15.9 Å². The summed E-state index contributed by atoms with van der Waals surface area (Å²) >= 11 is 1.55. The molecule has 1 aromatic rings. The van der Waals surface area contributed by atoms with Crippen LogP contribution in [0.3, 0.4) is 0 Å². The predicted octanol–water partition coefficient (Wildman–Crippen LogP) is 3.32. The molecule has 0 aliphatic heterocycles. The van der Waals surface area contributed by atoms with E-state index in [9.17, 15) is 4.79 Å². The highest BCUT2D eigenvalue weighted by Crippen LogP contribution is 2.17. The molecule has 0 N–H and O–H groups in total. The van der Waals surface area contributed by atoms with E-state index in [0.29, 0.717) is 13.2 Å². The third-order valence-electron chi connectivity index (χ3n) is 2.28. The predicted molar refractivity (Wildman–Crippen MR) is 74.6 cm³/mol. The van der Waals surface area contributed by atoms with Crippen LogP contribution in [0.5, 0.6) is 0 Å². The Bertz CT molecular complexity index is 377. The van der Waals surface area contributed by atoms with E-state index in [1.54, 1.807) is 11.3 Å². The summed E-state index contributed by atoms with van der Waals surface area (Å²) in [5.74, 6) is 0.0514. The highest BCUT2D eigenvalue weighted by molar-refractivity contribution is 7.14. The number of ketones is 1. The van der Waals surface area contributed by atoms with E-state index >= 15 is 0 Å². The molecule has 0 radical (unpaired) electrons. The third kappa shape index (κ3) is 5.76. The normalized spacial score (nSPS) is 11.8. The summed E-state index contributed by atoms with van der Waals surface area (Å²) < 4.78 is 10.8. The minimum atomic E-state index is -0.156. The highest BCUT2D eigenvalue weighted by atomic mass is 32.1. The largest absolute Gasteiger partial charge is 0.373 e. The zero-order valence-electron chi connectivity index (χ0n) is 11.6. The van der Waals surface area contributed by atoms with Crippen molar-refractivity contribution in [3.63, 3.8) is 0 Å². The third-order valence-corrected chi connectivity index (χ3v) is 3.55. The van der Waals surface area contributed by atoms with Gasteiger partial charge in [0.1, 0.15) is 6.61 Å². The van der Waals surface area contributed by atoms with Crippen molar-refractivity contribution in [2.75, 3.05) is 19.8 Å². The monoisotopic (exact) mass is 270 g/mol. The molecule has 0 atom stereocenters. The van der Waals surface area contributed by atoms with E-state index in [2.05, 4.69) is 6.92 Å². The second-order valence-electron chi connectivity index (χ2n) is 5.06. The van der Waals surface area contributed by atoms with Crippen LogP contribution in [0.15, 0.2) is 12.1 Å². The first kappa shape index (κ1) is 15.3. The van der Waals surface area contributed by atoms with Crippen molar-refractivity contribution in [3.8, 4) is 0 Å². The molecule has 0 saturated heterocycles. The average molecular weight is 270 g/mol. The minimum absolute atomic E-state index is 0.0514. The van der Waals surface area contributed by atoms with Gasteiger partial charge in [0.15, 0.2) is 5.78 Å². The van der Waals surface area contributed by atoms with Gasteiger partial charge < -0.3 is 9.47 Å². The van der Waals surface area contributed by atoms with Gasteiger partial charge in [-0.3, -0.25) is 4.79 Å². The Morgan fingerprint density at radius 1 is 1.28 bits per heavy atom. The molecule has 1 heterocycles. The molecule has 0 aliphatic rings. The summed E-state index contributed by atoms with van der Waals surface area (Å²) in [6.07, 6.45) is 0.970. The Morgan fingerprint density at radius 2 is 2.00 bits per heavy atom. The molecule has 0 fully saturated rings. The van der Waals surface area contributed by atoms with Crippen molar-refractivity contribution in [3.05, 3.63) is 21.9 Å². The number of carbonyl (C=O) groups is 1. The van der Waals surface area contributed by atoms with E-state index in [0.717, 1.165) is 11.3 Å². The van der Waals surface area contributed by atoms with Gasteiger partial charge >= 0.3 is 0 Å². The van der Waals surface area contributed by atoms with Crippen molar-refractivity contribution in [1.82, 2.24) is 0 Å². The molecule has 0 spiro atoms. The van der Waals surface area contributed by atoms with Gasteiger partial charge in [0.25, 0.3) is 0 Å². The Kier molecular flexibility index (Phi) is 5.99. The van der Waals surface area contributed by atoms with Crippen LogP contribution >= 0.6 is 11.3 Å². The second kappa shape index (κ2) is 7.02. The molecule has 0 saturated carbocycles. The quantitative estimate of drug-likeness (QED) is 0.563. The van der Waals surface area contributed by atoms with E-state index in [1.165, 1.54) is 4.88 Å². The number of Topliss-reactive ketones (excluding diaryl/α,β-unsaturated/α-hetero) is 1. The van der Waals surface area contributed by atoms with Crippen LogP contribution in [-0.4, -0.2) is 31.2 Å². The molecule has 0 aliphatic carbocycles. The van der Waals surface area contributed by atoms with Crippen molar-refractivity contribution in [2.45, 2.75) is 39.7 Å². The number of carbonyl (C=O) groups excluding carboxylic acids is 1. The zero-order valence-corrected chi connectivity index (χ0v) is 12.4. The Balaban J connectivity index is 2.21. The fraction of sp³-hybridized carbons (Fsp3) is 0.643. The van der Waals surface area contributed by atoms with E-state index in [4.69, 9.17) is 9.47 Å². The van der Waals surface area contributed by atoms with Crippen LogP contribution in [0.2, 0.25) is 0 Å². The van der Waals surface area contributed by atoms with Gasteiger partial charge in [-0.15, -0.1) is 11.3 Å². The molecular formula is C14H22O3S. The van der Waals surface area contributed by atoms with Crippen LogP contribution in [0.1, 0.15) is 42.2 Å². The molecular weight excluding hydrogens is 248 g/mol. The lowest BCUT2D eigenvalue weighted by molar-refractivity contribution is -0.0323. The first-order chi connectivity index (χ1) is 8.42. The highest BCUT2D eigenvalue weighted by Gasteiger charge is 2.11. The van der Waals surface area contributed by atoms with Crippen LogP contribution in [0, 0.1) is 0 Å². The zero-order chi connectivity index (χ0) is 13.6. The Hall–Kier alpha value is -0.710. The summed E-state index contributed by atoms with van der Waals surface area (Å²) in [7, 11) is 0.